The summed E-state index contributed by atoms with van der Waals surface area (Å²) in [5, 5.41) is 42.6. The van der Waals surface area contributed by atoms with Crippen molar-refractivity contribution >= 4 is 53.3 Å². The molecule has 0 N–H and O–H groups in total. The molecule has 2 aromatic heterocycles. The smallest absolute Gasteiger partial charge is 0.0998 e. The summed E-state index contributed by atoms with van der Waals surface area (Å²) >= 11 is 1.67. The van der Waals surface area contributed by atoms with Crippen LogP contribution in [0.25, 0.3) is 58.8 Å². The Kier molecular flexibility index (Phi) is 5.13. The maximum Gasteiger partial charge on any atom is 0.0998 e. The second-order valence-electron chi connectivity index (χ2n) is 9.47. The van der Waals surface area contributed by atoms with Gasteiger partial charge in [-0.25, -0.2) is 0 Å². The Labute approximate surface area is 232 Å². The summed E-state index contributed by atoms with van der Waals surface area (Å²) in [4.78, 5) is 0. The van der Waals surface area contributed by atoms with Gasteiger partial charge in [0.1, 0.15) is 0 Å². The third-order valence-corrected chi connectivity index (χ3v) is 8.47. The third-order valence-electron chi connectivity index (χ3n) is 7.31. The molecule has 2 heterocycles. The number of rotatable bonds is 2. The van der Waals surface area contributed by atoms with Crippen LogP contribution >= 0.6 is 11.3 Å². The first-order valence-corrected chi connectivity index (χ1v) is 13.2. The van der Waals surface area contributed by atoms with E-state index < -0.39 is 0 Å². The van der Waals surface area contributed by atoms with Crippen molar-refractivity contribution < 1.29 is 0 Å². The van der Waals surface area contributed by atoms with E-state index in [-0.39, 0.29) is 0 Å². The number of nitrogens with zero attached hydrogens (tertiary/aromatic N) is 5. The molecular formula is C34H15N5S. The van der Waals surface area contributed by atoms with Crippen LogP contribution in [0.2, 0.25) is 0 Å². The monoisotopic (exact) mass is 525 g/mol. The van der Waals surface area contributed by atoms with Crippen molar-refractivity contribution in [3.63, 3.8) is 0 Å². The molecule has 0 radical (unpaired) electrons. The predicted molar refractivity (Wildman–Crippen MR) is 158 cm³/mol. The molecule has 0 spiro atoms. The minimum Gasteiger partial charge on any atom is -0.309 e. The molecule has 0 atom stereocenters. The fourth-order valence-corrected chi connectivity index (χ4v) is 6.61. The molecule has 0 saturated heterocycles. The van der Waals surface area contributed by atoms with Crippen molar-refractivity contribution in [1.29, 1.82) is 21.0 Å². The van der Waals surface area contributed by atoms with Gasteiger partial charge in [0.15, 0.2) is 0 Å². The van der Waals surface area contributed by atoms with Crippen LogP contribution in [0.1, 0.15) is 22.3 Å². The molecule has 7 aromatic rings. The molecule has 5 nitrogen and oxygen atoms in total. The van der Waals surface area contributed by atoms with Gasteiger partial charge in [-0.3, -0.25) is 0 Å². The van der Waals surface area contributed by atoms with Crippen LogP contribution in [0.15, 0.2) is 91.0 Å². The number of benzene rings is 5. The average Bonchev–Trinajstić information content (AvgIpc) is 3.54. The van der Waals surface area contributed by atoms with Crippen LogP contribution in [0.3, 0.4) is 0 Å². The second kappa shape index (κ2) is 8.83. The first-order valence-electron chi connectivity index (χ1n) is 12.4. The topological polar surface area (TPSA) is 100 Å². The molecule has 0 aliphatic carbocycles. The fourth-order valence-electron chi connectivity index (χ4n) is 5.55. The summed E-state index contributed by atoms with van der Waals surface area (Å²) in [5.41, 5.74) is 6.46. The number of aromatic nitrogens is 1. The van der Waals surface area contributed by atoms with Gasteiger partial charge in [-0.05, 0) is 84.4 Å². The molecule has 0 saturated carbocycles. The lowest BCUT2D eigenvalue weighted by atomic mass is 9.96. The Morgan fingerprint density at radius 3 is 1.68 bits per heavy atom. The van der Waals surface area contributed by atoms with E-state index in [1.54, 1.807) is 23.5 Å². The zero-order valence-electron chi connectivity index (χ0n) is 20.8. The molecular weight excluding hydrogens is 510 g/mol. The van der Waals surface area contributed by atoms with Crippen LogP contribution in [-0.4, -0.2) is 4.57 Å². The van der Waals surface area contributed by atoms with Gasteiger partial charge in [-0.15, -0.1) is 11.3 Å². The SMILES string of the molecule is N#Cc1ccc2sc3ccc(-c4c(C#N)cccc4-n4c5ccc(C#N)cc5c5cc(C#N)ccc54)cc3c2c1. The van der Waals surface area contributed by atoms with Crippen molar-refractivity contribution in [2.24, 2.45) is 0 Å². The van der Waals surface area contributed by atoms with Gasteiger partial charge < -0.3 is 4.57 Å². The predicted octanol–water partition coefficient (Wildman–Crippen LogP) is 8.31. The maximum absolute atomic E-state index is 10.2. The zero-order chi connectivity index (χ0) is 27.4. The van der Waals surface area contributed by atoms with Gasteiger partial charge in [0.25, 0.3) is 0 Å². The van der Waals surface area contributed by atoms with E-state index in [0.29, 0.717) is 22.3 Å². The lowest BCUT2D eigenvalue weighted by molar-refractivity contribution is 1.18. The van der Waals surface area contributed by atoms with E-state index in [4.69, 9.17) is 0 Å². The molecule has 182 valence electrons. The number of fused-ring (bicyclic) bond motifs is 6. The summed E-state index contributed by atoms with van der Waals surface area (Å²) in [6, 6.07) is 37.8. The molecule has 0 amide bonds. The Morgan fingerprint density at radius 1 is 0.525 bits per heavy atom. The van der Waals surface area contributed by atoms with E-state index >= 15 is 0 Å². The molecule has 6 heteroatoms. The van der Waals surface area contributed by atoms with Crippen LogP contribution in [0.5, 0.6) is 0 Å². The summed E-state index contributed by atoms with van der Waals surface area (Å²) in [7, 11) is 0. The van der Waals surface area contributed by atoms with Crippen molar-refractivity contribution in [3.05, 3.63) is 113 Å². The number of nitriles is 4. The van der Waals surface area contributed by atoms with E-state index in [2.05, 4.69) is 41.0 Å². The molecule has 0 aliphatic heterocycles. The molecule has 7 rings (SSSR count). The number of thiophene rings is 1. The first-order chi connectivity index (χ1) is 19.6. The standard InChI is InChI=1S/C34H15N5S/c35-16-20-4-8-29-25(12-20)26-13-21(17-36)5-9-30(26)39(29)31-3-1-2-24(19-38)34(31)23-7-11-33-28(15-23)27-14-22(18-37)6-10-32(27)40-33/h1-15H. The highest BCUT2D eigenvalue weighted by Gasteiger charge is 2.19. The van der Waals surface area contributed by atoms with Crippen molar-refractivity contribution in [2.75, 3.05) is 0 Å². The van der Waals surface area contributed by atoms with Gasteiger partial charge >= 0.3 is 0 Å². The first kappa shape index (κ1) is 23.2. The normalized spacial score (nSPS) is 10.9. The van der Waals surface area contributed by atoms with Gasteiger partial charge in [0, 0.05) is 36.5 Å². The third kappa shape index (κ3) is 3.36. The van der Waals surface area contributed by atoms with Crippen LogP contribution in [-0.2, 0) is 0 Å². The second-order valence-corrected chi connectivity index (χ2v) is 10.6. The summed E-state index contributed by atoms with van der Waals surface area (Å²) in [6.45, 7) is 0. The lowest BCUT2D eigenvalue weighted by Gasteiger charge is -2.16. The average molecular weight is 526 g/mol. The van der Waals surface area contributed by atoms with E-state index in [9.17, 15) is 21.0 Å². The summed E-state index contributed by atoms with van der Waals surface area (Å²) < 4.78 is 4.31. The Bertz CT molecular complexity index is 2310. The minimum absolute atomic E-state index is 0.534. The highest BCUT2D eigenvalue weighted by Crippen LogP contribution is 2.41. The highest BCUT2D eigenvalue weighted by molar-refractivity contribution is 7.25. The van der Waals surface area contributed by atoms with Gasteiger partial charge in [-0.2, -0.15) is 21.0 Å². The molecule has 0 unspecified atom stereocenters. The molecule has 0 aliphatic rings. The summed E-state index contributed by atoms with van der Waals surface area (Å²) in [5.74, 6) is 0. The number of hydrogen-bond donors (Lipinski definition) is 0. The van der Waals surface area contributed by atoms with Crippen molar-refractivity contribution in [3.8, 4) is 41.1 Å². The van der Waals surface area contributed by atoms with E-state index in [1.165, 1.54) is 0 Å². The van der Waals surface area contributed by atoms with Crippen LogP contribution < -0.4 is 0 Å². The van der Waals surface area contributed by atoms with Crippen LogP contribution in [0.4, 0.5) is 0 Å². The molecule has 0 bridgehead atoms. The molecule has 40 heavy (non-hydrogen) atoms. The Hall–Kier alpha value is -5.92. The minimum atomic E-state index is 0.534. The van der Waals surface area contributed by atoms with E-state index in [1.807, 2.05) is 66.7 Å². The van der Waals surface area contributed by atoms with Gasteiger partial charge in [0.05, 0.1) is 63.3 Å². The van der Waals surface area contributed by atoms with Crippen LogP contribution in [0, 0.1) is 45.3 Å². The molecule has 0 fully saturated rings. The lowest BCUT2D eigenvalue weighted by Crippen LogP contribution is -1.99. The van der Waals surface area contributed by atoms with Gasteiger partial charge in [-0.1, -0.05) is 12.1 Å². The van der Waals surface area contributed by atoms with Gasteiger partial charge in [0.2, 0.25) is 0 Å². The van der Waals surface area contributed by atoms with E-state index in [0.717, 1.165) is 58.8 Å². The quantitative estimate of drug-likeness (QED) is 0.226. The van der Waals surface area contributed by atoms with Crippen molar-refractivity contribution in [1.82, 2.24) is 4.57 Å². The summed E-state index contributed by atoms with van der Waals surface area (Å²) in [6.07, 6.45) is 0. The number of hydrogen-bond acceptors (Lipinski definition) is 5. The van der Waals surface area contributed by atoms with Crippen molar-refractivity contribution in [2.45, 2.75) is 0 Å². The largest absolute Gasteiger partial charge is 0.309 e. The Balaban J connectivity index is 1.58. The fraction of sp³-hybridized carbons (Fsp3) is 0. The Morgan fingerprint density at radius 2 is 1.07 bits per heavy atom. The highest BCUT2D eigenvalue weighted by atomic mass is 32.1. The molecule has 5 aromatic carbocycles. The maximum atomic E-state index is 10.2. The zero-order valence-corrected chi connectivity index (χ0v) is 21.6.